The molecule has 32 heavy (non-hydrogen) atoms. The molecule has 0 fully saturated rings. The number of carbonyl (C=O) groups excluding carboxylic acids is 2. The van der Waals surface area contributed by atoms with Crippen LogP contribution < -0.4 is 20.1 Å². The molecule has 0 aliphatic carbocycles. The van der Waals surface area contributed by atoms with Crippen LogP contribution in [0.5, 0.6) is 11.5 Å². The van der Waals surface area contributed by atoms with Crippen molar-refractivity contribution in [3.05, 3.63) is 40.3 Å². The Morgan fingerprint density at radius 1 is 1.19 bits per heavy atom. The van der Waals surface area contributed by atoms with Crippen molar-refractivity contribution in [2.45, 2.75) is 71.2 Å². The lowest BCUT2D eigenvalue weighted by Crippen LogP contribution is -2.55. The van der Waals surface area contributed by atoms with Crippen molar-refractivity contribution < 1.29 is 23.8 Å². The molecular formula is C24H30N2O5S. The largest absolute Gasteiger partial charge is 0.482 e. The Hall–Kier alpha value is -2.58. The summed E-state index contributed by atoms with van der Waals surface area (Å²) in [6.07, 6.45) is -0.678. The third kappa shape index (κ3) is 4.09. The highest BCUT2D eigenvalue weighted by Gasteiger charge is 2.43. The number of nitrogens with one attached hydrogen (secondary N) is 2. The van der Waals surface area contributed by atoms with Gasteiger partial charge in [0.2, 0.25) is 6.10 Å². The molecule has 2 aliphatic heterocycles. The summed E-state index contributed by atoms with van der Waals surface area (Å²) < 4.78 is 17.2. The van der Waals surface area contributed by atoms with E-state index in [1.807, 2.05) is 18.2 Å². The molecule has 1 aromatic heterocycles. The van der Waals surface area contributed by atoms with Gasteiger partial charge in [0.05, 0.1) is 12.2 Å². The summed E-state index contributed by atoms with van der Waals surface area (Å²) in [6.45, 7) is 12.2. The third-order valence-corrected chi connectivity index (χ3v) is 7.13. The number of esters is 1. The van der Waals surface area contributed by atoms with Crippen molar-refractivity contribution in [1.29, 1.82) is 0 Å². The maximum absolute atomic E-state index is 13.2. The van der Waals surface area contributed by atoms with Gasteiger partial charge >= 0.3 is 5.97 Å². The monoisotopic (exact) mass is 458 g/mol. The number of ether oxygens (including phenoxy) is 3. The van der Waals surface area contributed by atoms with Crippen LogP contribution in [0.2, 0.25) is 0 Å². The Balaban J connectivity index is 1.69. The summed E-state index contributed by atoms with van der Waals surface area (Å²) in [5.41, 5.74) is 0.797. The molecule has 4 rings (SSSR count). The number of fused-ring (bicyclic) bond motifs is 2. The number of carbonyl (C=O) groups is 2. The minimum Gasteiger partial charge on any atom is -0.482 e. The van der Waals surface area contributed by atoms with Crippen LogP contribution in [0.3, 0.4) is 0 Å². The molecule has 2 unspecified atom stereocenters. The highest BCUT2D eigenvalue weighted by Crippen LogP contribution is 2.45. The summed E-state index contributed by atoms with van der Waals surface area (Å²) >= 11 is 1.41. The van der Waals surface area contributed by atoms with Crippen LogP contribution in [-0.2, 0) is 21.5 Å². The van der Waals surface area contributed by atoms with Crippen molar-refractivity contribution in [1.82, 2.24) is 5.32 Å². The number of para-hydroxylation sites is 2. The normalized spacial score (nSPS) is 22.6. The molecule has 3 heterocycles. The maximum Gasteiger partial charge on any atom is 0.341 e. The predicted molar refractivity (Wildman–Crippen MR) is 124 cm³/mol. The molecule has 0 spiro atoms. The van der Waals surface area contributed by atoms with Crippen molar-refractivity contribution in [2.75, 3.05) is 11.9 Å². The second kappa shape index (κ2) is 8.08. The number of anilines is 1. The van der Waals surface area contributed by atoms with E-state index in [4.69, 9.17) is 14.2 Å². The van der Waals surface area contributed by atoms with E-state index in [-0.39, 0.29) is 23.6 Å². The Morgan fingerprint density at radius 2 is 1.84 bits per heavy atom. The van der Waals surface area contributed by atoms with Crippen LogP contribution in [0.1, 0.15) is 62.3 Å². The molecule has 8 heteroatoms. The minimum absolute atomic E-state index is 0.210. The van der Waals surface area contributed by atoms with E-state index in [0.717, 1.165) is 10.4 Å². The first kappa shape index (κ1) is 22.6. The van der Waals surface area contributed by atoms with Gasteiger partial charge < -0.3 is 24.8 Å². The van der Waals surface area contributed by atoms with Crippen molar-refractivity contribution in [2.24, 2.45) is 0 Å². The molecule has 1 aromatic carbocycles. The van der Waals surface area contributed by atoms with Gasteiger partial charge in [-0.3, -0.25) is 4.79 Å². The molecule has 2 N–H and O–H groups in total. The molecular weight excluding hydrogens is 428 g/mol. The predicted octanol–water partition coefficient (Wildman–Crippen LogP) is 4.25. The SMILES string of the molecule is CCOC(=O)c1c(NC(=O)C2Oc3ccccc3OC2C)sc2c1CC(C)(C)NC2(C)C. The van der Waals surface area contributed by atoms with Crippen LogP contribution in [-0.4, -0.2) is 36.2 Å². The van der Waals surface area contributed by atoms with Crippen molar-refractivity contribution >= 4 is 28.2 Å². The fourth-order valence-corrected chi connectivity index (χ4v) is 5.89. The molecule has 0 saturated heterocycles. The van der Waals surface area contributed by atoms with Gasteiger partial charge in [0.15, 0.2) is 11.5 Å². The van der Waals surface area contributed by atoms with Crippen molar-refractivity contribution in [3.8, 4) is 11.5 Å². The van der Waals surface area contributed by atoms with E-state index in [1.165, 1.54) is 11.3 Å². The van der Waals surface area contributed by atoms with E-state index in [2.05, 4.69) is 38.3 Å². The van der Waals surface area contributed by atoms with Crippen LogP contribution in [0.15, 0.2) is 24.3 Å². The molecule has 2 aliphatic rings. The van der Waals surface area contributed by atoms with E-state index >= 15 is 0 Å². The van der Waals surface area contributed by atoms with Crippen LogP contribution in [0.4, 0.5) is 5.00 Å². The topological polar surface area (TPSA) is 85.9 Å². The van der Waals surface area contributed by atoms with Gasteiger partial charge in [0.25, 0.3) is 5.91 Å². The summed E-state index contributed by atoms with van der Waals surface area (Å²) in [7, 11) is 0. The van der Waals surface area contributed by atoms with Gasteiger partial charge in [-0.15, -0.1) is 11.3 Å². The van der Waals surface area contributed by atoms with Crippen LogP contribution in [0.25, 0.3) is 0 Å². The molecule has 0 saturated carbocycles. The first-order valence-electron chi connectivity index (χ1n) is 10.9. The third-order valence-electron chi connectivity index (χ3n) is 5.66. The molecule has 1 amide bonds. The highest BCUT2D eigenvalue weighted by molar-refractivity contribution is 7.17. The fourth-order valence-electron chi connectivity index (χ4n) is 4.62. The van der Waals surface area contributed by atoms with Crippen LogP contribution >= 0.6 is 11.3 Å². The Labute approximate surface area is 192 Å². The second-order valence-corrected chi connectivity index (χ2v) is 10.5. The summed E-state index contributed by atoms with van der Waals surface area (Å²) in [5, 5.41) is 7.07. The van der Waals surface area contributed by atoms with Gasteiger partial charge in [-0.25, -0.2) is 4.79 Å². The van der Waals surface area contributed by atoms with E-state index in [1.54, 1.807) is 19.9 Å². The quantitative estimate of drug-likeness (QED) is 0.666. The van der Waals surface area contributed by atoms with Crippen molar-refractivity contribution in [3.63, 3.8) is 0 Å². The highest BCUT2D eigenvalue weighted by atomic mass is 32.1. The summed E-state index contributed by atoms with van der Waals surface area (Å²) in [6, 6.07) is 7.26. The zero-order chi connectivity index (χ0) is 23.3. The minimum atomic E-state index is -0.846. The molecule has 0 radical (unpaired) electrons. The Bertz CT molecular complexity index is 1060. The van der Waals surface area contributed by atoms with E-state index in [0.29, 0.717) is 28.5 Å². The van der Waals surface area contributed by atoms with E-state index in [9.17, 15) is 9.59 Å². The molecule has 2 aromatic rings. The van der Waals surface area contributed by atoms with Gasteiger partial charge in [-0.2, -0.15) is 0 Å². The van der Waals surface area contributed by atoms with Crippen LogP contribution in [0, 0.1) is 0 Å². The molecule has 0 bridgehead atoms. The molecule has 172 valence electrons. The number of thiophene rings is 1. The van der Waals surface area contributed by atoms with Gasteiger partial charge in [-0.05, 0) is 65.7 Å². The summed E-state index contributed by atoms with van der Waals surface area (Å²) in [4.78, 5) is 27.2. The second-order valence-electron chi connectivity index (χ2n) is 9.44. The average Bonchev–Trinajstić information content (AvgIpc) is 3.04. The van der Waals surface area contributed by atoms with Gasteiger partial charge in [-0.1, -0.05) is 12.1 Å². The smallest absolute Gasteiger partial charge is 0.341 e. The first-order chi connectivity index (χ1) is 15.0. The Morgan fingerprint density at radius 3 is 2.50 bits per heavy atom. The number of hydrogen-bond acceptors (Lipinski definition) is 7. The number of hydrogen-bond donors (Lipinski definition) is 2. The lowest BCUT2D eigenvalue weighted by molar-refractivity contribution is -0.127. The lowest BCUT2D eigenvalue weighted by Gasteiger charge is -2.42. The molecule has 2 atom stereocenters. The Kier molecular flexibility index (Phi) is 5.71. The van der Waals surface area contributed by atoms with E-state index < -0.39 is 18.2 Å². The van der Waals surface area contributed by atoms with Gasteiger partial charge in [0, 0.05) is 16.0 Å². The van der Waals surface area contributed by atoms with Gasteiger partial charge in [0.1, 0.15) is 11.1 Å². The average molecular weight is 459 g/mol. The zero-order valence-electron chi connectivity index (χ0n) is 19.3. The lowest BCUT2D eigenvalue weighted by atomic mass is 9.81. The zero-order valence-corrected chi connectivity index (χ0v) is 20.1. The fraction of sp³-hybridized carbons (Fsp3) is 0.500. The summed E-state index contributed by atoms with van der Waals surface area (Å²) in [5.74, 6) is 0.348. The first-order valence-corrected chi connectivity index (χ1v) is 11.7. The number of benzene rings is 1. The number of amides is 1. The number of rotatable bonds is 4. The maximum atomic E-state index is 13.2. The molecule has 7 nitrogen and oxygen atoms in total. The standard InChI is InChI=1S/C24H30N2O5S/c1-7-29-22(28)17-14-12-23(3,4)26-24(5,6)19(14)32-21(17)25-20(27)18-13(2)30-15-10-8-9-11-16(15)31-18/h8-11,13,18,26H,7,12H2,1-6H3,(H,25,27).